The van der Waals surface area contributed by atoms with E-state index in [-0.39, 0.29) is 5.91 Å². The zero-order valence-electron chi connectivity index (χ0n) is 28.0. The first-order valence-electron chi connectivity index (χ1n) is 17.0. The first-order valence-corrected chi connectivity index (χ1v) is 17.0. The first-order chi connectivity index (χ1) is 23.5. The Balaban J connectivity index is 1.31. The number of halogens is 3. The van der Waals surface area contributed by atoms with Gasteiger partial charge in [-0.2, -0.15) is 13.2 Å². The van der Waals surface area contributed by atoms with Gasteiger partial charge in [-0.25, -0.2) is 0 Å². The summed E-state index contributed by atoms with van der Waals surface area (Å²) in [4.78, 5) is 48.5. The van der Waals surface area contributed by atoms with E-state index in [2.05, 4.69) is 37.1 Å². The Morgan fingerprint density at radius 1 is 0.878 bits per heavy atom. The fourth-order valence-corrected chi connectivity index (χ4v) is 6.42. The van der Waals surface area contributed by atoms with Crippen molar-refractivity contribution >= 4 is 23.2 Å². The maximum absolute atomic E-state index is 13.8. The molecule has 5 rings (SSSR count). The van der Waals surface area contributed by atoms with Gasteiger partial charge in [0, 0.05) is 77.6 Å². The lowest BCUT2D eigenvalue weighted by Gasteiger charge is -2.35. The Morgan fingerprint density at radius 2 is 1.59 bits per heavy atom. The molecule has 2 aliphatic heterocycles. The molecule has 2 saturated heterocycles. The van der Waals surface area contributed by atoms with Gasteiger partial charge in [-0.15, -0.1) is 0 Å². The molecule has 0 radical (unpaired) electrons. The standard InChI is InChI=1S/C36H46F3N7O3/c1-43-13-17-45(18-14-43)32-11-10-28(22-31(32)42-35(49)29-24-41-33(47)23-30(29)36(37,38)39)27-8-6-7-26(21-27)25-44-15-19-46(20-16-44)34(48)9-4-2-3-5-12-40/h6-8,10-11,21-24H,2-5,9,12-20,25,40H2,1H3,(H,41,47)(H,42,49). The number of hydrogen-bond acceptors (Lipinski definition) is 7. The molecule has 0 atom stereocenters. The molecule has 2 aromatic carbocycles. The molecule has 49 heavy (non-hydrogen) atoms. The number of pyridine rings is 1. The normalized spacial score (nSPS) is 16.2. The van der Waals surface area contributed by atoms with E-state index in [4.69, 9.17) is 5.73 Å². The number of aromatic amines is 1. The summed E-state index contributed by atoms with van der Waals surface area (Å²) in [6.07, 6.45) is 0.497. The number of nitrogens with two attached hydrogens (primary N) is 1. The van der Waals surface area contributed by atoms with Crippen molar-refractivity contribution in [2.24, 2.45) is 5.73 Å². The van der Waals surface area contributed by atoms with Gasteiger partial charge < -0.3 is 30.7 Å². The number of H-pyrrole nitrogens is 1. The summed E-state index contributed by atoms with van der Waals surface area (Å²) in [5, 5.41) is 2.73. The van der Waals surface area contributed by atoms with Crippen molar-refractivity contribution in [3.05, 3.63) is 81.8 Å². The summed E-state index contributed by atoms with van der Waals surface area (Å²) in [5.41, 5.74) is 6.56. The number of piperazine rings is 2. The number of likely N-dealkylation sites (N-methyl/N-ethyl adjacent to an activating group) is 1. The van der Waals surface area contributed by atoms with E-state index >= 15 is 0 Å². The molecular formula is C36H46F3N7O3. The van der Waals surface area contributed by atoms with Crippen molar-refractivity contribution in [1.82, 2.24) is 19.7 Å². The molecule has 0 aliphatic carbocycles. The van der Waals surface area contributed by atoms with E-state index in [0.717, 1.165) is 74.7 Å². The number of rotatable bonds is 12. The van der Waals surface area contributed by atoms with Crippen LogP contribution < -0.4 is 21.5 Å². The largest absolute Gasteiger partial charge is 0.417 e. The van der Waals surface area contributed by atoms with Gasteiger partial charge in [-0.05, 0) is 61.3 Å². The van der Waals surface area contributed by atoms with Crippen LogP contribution in [-0.4, -0.2) is 97.4 Å². The van der Waals surface area contributed by atoms with Crippen LogP contribution >= 0.6 is 0 Å². The Labute approximate surface area is 285 Å². The highest BCUT2D eigenvalue weighted by molar-refractivity contribution is 6.07. The molecule has 2 aliphatic rings. The zero-order chi connectivity index (χ0) is 35.0. The van der Waals surface area contributed by atoms with Gasteiger partial charge in [0.2, 0.25) is 11.5 Å². The van der Waals surface area contributed by atoms with Gasteiger partial charge in [0.15, 0.2) is 0 Å². The van der Waals surface area contributed by atoms with E-state index in [9.17, 15) is 27.6 Å². The summed E-state index contributed by atoms with van der Waals surface area (Å²) < 4.78 is 41.4. The van der Waals surface area contributed by atoms with E-state index < -0.39 is 28.8 Å². The summed E-state index contributed by atoms with van der Waals surface area (Å²) >= 11 is 0. The topological polar surface area (TPSA) is 118 Å². The minimum atomic E-state index is -4.88. The fraction of sp³-hybridized carbons (Fsp3) is 0.472. The van der Waals surface area contributed by atoms with Crippen LogP contribution in [0.25, 0.3) is 11.1 Å². The molecule has 13 heteroatoms. The Kier molecular flexibility index (Phi) is 12.1. The van der Waals surface area contributed by atoms with Gasteiger partial charge in [-0.1, -0.05) is 37.1 Å². The molecule has 1 aromatic heterocycles. The molecule has 2 fully saturated rings. The van der Waals surface area contributed by atoms with Crippen LogP contribution in [0.4, 0.5) is 24.5 Å². The number of carbonyl (C=O) groups is 2. The third-order valence-electron chi connectivity index (χ3n) is 9.30. The first kappa shape index (κ1) is 36.1. The zero-order valence-corrected chi connectivity index (χ0v) is 28.0. The number of amides is 2. The van der Waals surface area contributed by atoms with Crippen LogP contribution in [0, 0.1) is 0 Å². The maximum atomic E-state index is 13.8. The second kappa shape index (κ2) is 16.5. The van der Waals surface area contributed by atoms with E-state index in [0.29, 0.717) is 63.1 Å². The molecule has 3 aromatic rings. The number of nitrogens with one attached hydrogen (secondary N) is 2. The van der Waals surface area contributed by atoms with Crippen LogP contribution in [0.3, 0.4) is 0 Å². The Morgan fingerprint density at radius 3 is 2.31 bits per heavy atom. The molecule has 0 unspecified atom stereocenters. The third-order valence-corrected chi connectivity index (χ3v) is 9.30. The Bertz CT molecular complexity index is 1650. The van der Waals surface area contributed by atoms with Crippen molar-refractivity contribution in [3.8, 4) is 11.1 Å². The second-order valence-corrected chi connectivity index (χ2v) is 12.9. The van der Waals surface area contributed by atoms with Crippen molar-refractivity contribution < 1.29 is 22.8 Å². The van der Waals surface area contributed by atoms with Crippen LogP contribution in [0.1, 0.15) is 53.6 Å². The predicted molar refractivity (Wildman–Crippen MR) is 186 cm³/mol. The lowest BCUT2D eigenvalue weighted by molar-refractivity contribution is -0.138. The summed E-state index contributed by atoms with van der Waals surface area (Å²) in [6.45, 7) is 7.34. The highest BCUT2D eigenvalue weighted by Gasteiger charge is 2.36. The molecule has 264 valence electrons. The quantitative estimate of drug-likeness (QED) is 0.239. The minimum absolute atomic E-state index is 0.215. The number of benzene rings is 2. The predicted octanol–water partition coefficient (Wildman–Crippen LogP) is 4.62. The van der Waals surface area contributed by atoms with Gasteiger partial charge >= 0.3 is 6.18 Å². The average molecular weight is 682 g/mol. The van der Waals surface area contributed by atoms with Gasteiger partial charge in [0.1, 0.15) is 0 Å². The number of nitrogens with zero attached hydrogens (tertiary/aromatic N) is 4. The molecule has 10 nitrogen and oxygen atoms in total. The average Bonchev–Trinajstić information content (AvgIpc) is 3.08. The van der Waals surface area contributed by atoms with E-state index in [1.807, 2.05) is 36.2 Å². The van der Waals surface area contributed by atoms with Crippen LogP contribution in [0.15, 0.2) is 59.5 Å². The van der Waals surface area contributed by atoms with Gasteiger partial charge in [0.05, 0.1) is 22.5 Å². The van der Waals surface area contributed by atoms with Crippen molar-refractivity contribution in [1.29, 1.82) is 0 Å². The van der Waals surface area contributed by atoms with Crippen molar-refractivity contribution in [2.75, 3.05) is 76.2 Å². The molecule has 0 spiro atoms. The number of aromatic nitrogens is 1. The summed E-state index contributed by atoms with van der Waals surface area (Å²) in [7, 11) is 2.03. The van der Waals surface area contributed by atoms with Gasteiger partial charge in [0.25, 0.3) is 5.91 Å². The smallest absolute Gasteiger partial charge is 0.367 e. The van der Waals surface area contributed by atoms with Crippen LogP contribution in [-0.2, 0) is 17.5 Å². The van der Waals surface area contributed by atoms with Crippen LogP contribution in [0.2, 0.25) is 0 Å². The molecule has 3 heterocycles. The Hall–Kier alpha value is -4.20. The molecule has 0 bridgehead atoms. The number of hydrogen-bond donors (Lipinski definition) is 3. The molecule has 2 amide bonds. The monoisotopic (exact) mass is 681 g/mol. The lowest BCUT2D eigenvalue weighted by atomic mass is 10.0. The molecular weight excluding hydrogens is 635 g/mol. The number of anilines is 2. The SMILES string of the molecule is CN1CCN(c2ccc(-c3cccc(CN4CCN(C(=O)CCCCCCN)CC4)c3)cc2NC(=O)c2c[nH]c(=O)cc2C(F)(F)F)CC1. The third kappa shape index (κ3) is 9.71. The molecule has 4 N–H and O–H groups in total. The second-order valence-electron chi connectivity index (χ2n) is 12.9. The van der Waals surface area contributed by atoms with Crippen molar-refractivity contribution in [2.45, 2.75) is 44.8 Å². The lowest BCUT2D eigenvalue weighted by Crippen LogP contribution is -2.48. The van der Waals surface area contributed by atoms with E-state index in [1.165, 1.54) is 0 Å². The minimum Gasteiger partial charge on any atom is -0.367 e. The maximum Gasteiger partial charge on any atom is 0.417 e. The van der Waals surface area contributed by atoms with Gasteiger partial charge in [-0.3, -0.25) is 19.3 Å². The number of unbranched alkanes of at least 4 members (excludes halogenated alkanes) is 3. The van der Waals surface area contributed by atoms with Crippen molar-refractivity contribution in [3.63, 3.8) is 0 Å². The highest BCUT2D eigenvalue weighted by atomic mass is 19.4. The summed E-state index contributed by atoms with van der Waals surface area (Å²) in [6, 6.07) is 14.1. The fourth-order valence-electron chi connectivity index (χ4n) is 6.42. The summed E-state index contributed by atoms with van der Waals surface area (Å²) in [5.74, 6) is -0.749. The molecule has 0 saturated carbocycles. The number of carbonyl (C=O) groups excluding carboxylic acids is 2. The number of alkyl halides is 3. The highest BCUT2D eigenvalue weighted by Crippen LogP contribution is 2.35. The van der Waals surface area contributed by atoms with Crippen LogP contribution in [0.5, 0.6) is 0 Å². The van der Waals surface area contributed by atoms with E-state index in [1.54, 1.807) is 6.07 Å².